The van der Waals surface area contributed by atoms with E-state index in [2.05, 4.69) is 0 Å². The Labute approximate surface area is 87.6 Å². The summed E-state index contributed by atoms with van der Waals surface area (Å²) in [6, 6.07) is 0.926. The molecule has 0 unspecified atom stereocenters. The van der Waals surface area contributed by atoms with Crippen molar-refractivity contribution in [3.05, 3.63) is 39.4 Å². The van der Waals surface area contributed by atoms with Crippen molar-refractivity contribution < 1.29 is 18.5 Å². The molecule has 0 fully saturated rings. The molecule has 0 bridgehead atoms. The summed E-state index contributed by atoms with van der Waals surface area (Å²) in [4.78, 5) is 20.4. The largest absolute Gasteiger partial charge is 0.315 e. The van der Waals surface area contributed by atoms with Gasteiger partial charge in [0, 0.05) is 6.07 Å². The van der Waals surface area contributed by atoms with Gasteiger partial charge in [0.1, 0.15) is 11.4 Å². The average molecular weight is 236 g/mol. The highest BCUT2D eigenvalue weighted by molar-refractivity contribution is 6.31. The van der Waals surface area contributed by atoms with Crippen molar-refractivity contribution in [1.82, 2.24) is 0 Å². The summed E-state index contributed by atoms with van der Waals surface area (Å²) in [6.07, 6.45) is 0. The van der Waals surface area contributed by atoms with Gasteiger partial charge in [0.15, 0.2) is 5.78 Å². The normalized spacial score (nSPS) is 10.1. The SMILES string of the molecule is O=C(CCl)c1cc(F)cc(F)c1[N+](=O)[O-]. The highest BCUT2D eigenvalue weighted by Gasteiger charge is 2.25. The van der Waals surface area contributed by atoms with Crippen molar-refractivity contribution in [3.63, 3.8) is 0 Å². The van der Waals surface area contributed by atoms with Crippen molar-refractivity contribution >= 4 is 23.1 Å². The molecule has 0 saturated heterocycles. The minimum Gasteiger partial charge on any atom is -0.293 e. The predicted octanol–water partition coefficient (Wildman–Crippen LogP) is 2.29. The highest BCUT2D eigenvalue weighted by atomic mass is 35.5. The number of nitrogens with zero attached hydrogens (tertiary/aromatic N) is 1. The molecule has 0 amide bonds. The van der Waals surface area contributed by atoms with E-state index in [9.17, 15) is 23.7 Å². The maximum atomic E-state index is 13.0. The first-order valence-corrected chi connectivity index (χ1v) is 4.23. The first kappa shape index (κ1) is 11.5. The molecule has 0 heterocycles. The summed E-state index contributed by atoms with van der Waals surface area (Å²) >= 11 is 5.15. The van der Waals surface area contributed by atoms with Crippen LogP contribution in [0.3, 0.4) is 0 Å². The molecular formula is C8H4ClF2NO3. The Morgan fingerprint density at radius 3 is 2.53 bits per heavy atom. The summed E-state index contributed by atoms with van der Waals surface area (Å²) < 4.78 is 25.7. The van der Waals surface area contributed by atoms with Crippen molar-refractivity contribution in [2.45, 2.75) is 0 Å². The van der Waals surface area contributed by atoms with Crippen LogP contribution in [0, 0.1) is 21.7 Å². The van der Waals surface area contributed by atoms with Crippen LogP contribution in [0.15, 0.2) is 12.1 Å². The van der Waals surface area contributed by atoms with Gasteiger partial charge in [-0.15, -0.1) is 11.6 Å². The van der Waals surface area contributed by atoms with Crippen LogP contribution in [0.1, 0.15) is 10.4 Å². The fraction of sp³-hybridized carbons (Fsp3) is 0.125. The Hall–Kier alpha value is -1.56. The van der Waals surface area contributed by atoms with Crippen LogP contribution in [0.4, 0.5) is 14.5 Å². The molecule has 80 valence electrons. The number of hydrogen-bond donors (Lipinski definition) is 0. The number of benzene rings is 1. The summed E-state index contributed by atoms with van der Waals surface area (Å²) in [5.41, 5.74) is -1.71. The van der Waals surface area contributed by atoms with E-state index in [-0.39, 0.29) is 0 Å². The van der Waals surface area contributed by atoms with E-state index in [1.54, 1.807) is 0 Å². The Kier molecular flexibility index (Phi) is 3.31. The van der Waals surface area contributed by atoms with Gasteiger partial charge in [0.2, 0.25) is 5.82 Å². The van der Waals surface area contributed by atoms with Crippen molar-refractivity contribution in [3.8, 4) is 0 Å². The van der Waals surface area contributed by atoms with Gasteiger partial charge in [0.25, 0.3) is 0 Å². The Morgan fingerprint density at radius 2 is 2.07 bits per heavy atom. The van der Waals surface area contributed by atoms with Crippen molar-refractivity contribution in [2.24, 2.45) is 0 Å². The van der Waals surface area contributed by atoms with E-state index in [4.69, 9.17) is 11.6 Å². The Morgan fingerprint density at radius 1 is 1.47 bits per heavy atom. The summed E-state index contributed by atoms with van der Waals surface area (Å²) in [5.74, 6) is -3.94. The number of ketones is 1. The topological polar surface area (TPSA) is 60.2 Å². The van der Waals surface area contributed by atoms with E-state index in [0.717, 1.165) is 0 Å². The van der Waals surface area contributed by atoms with E-state index in [1.165, 1.54) is 0 Å². The van der Waals surface area contributed by atoms with Crippen LogP contribution < -0.4 is 0 Å². The van der Waals surface area contributed by atoms with Crippen LogP contribution in [-0.4, -0.2) is 16.6 Å². The minimum atomic E-state index is -1.39. The number of rotatable bonds is 3. The first-order valence-electron chi connectivity index (χ1n) is 3.70. The molecule has 0 aliphatic heterocycles. The maximum absolute atomic E-state index is 13.0. The minimum absolute atomic E-state index is 0.336. The second-order valence-electron chi connectivity index (χ2n) is 2.60. The number of halogens is 3. The smallest absolute Gasteiger partial charge is 0.293 e. The molecule has 4 nitrogen and oxygen atoms in total. The fourth-order valence-electron chi connectivity index (χ4n) is 1.04. The first-order chi connectivity index (χ1) is 6.97. The van der Waals surface area contributed by atoms with Crippen molar-refractivity contribution in [1.29, 1.82) is 0 Å². The second-order valence-corrected chi connectivity index (χ2v) is 2.86. The molecule has 0 aliphatic rings. The van der Waals surface area contributed by atoms with Crippen LogP contribution in [-0.2, 0) is 0 Å². The van der Waals surface area contributed by atoms with Gasteiger partial charge in [0.05, 0.1) is 10.8 Å². The molecule has 1 aromatic carbocycles. The number of Topliss-reactive ketones (excluding diaryl/α,β-unsaturated/α-hetero) is 1. The zero-order chi connectivity index (χ0) is 11.6. The van der Waals surface area contributed by atoms with Gasteiger partial charge < -0.3 is 0 Å². The quantitative estimate of drug-likeness (QED) is 0.350. The predicted molar refractivity (Wildman–Crippen MR) is 48.1 cm³/mol. The van der Waals surface area contributed by atoms with E-state index >= 15 is 0 Å². The number of nitro benzene ring substituents is 1. The molecule has 1 aromatic rings. The lowest BCUT2D eigenvalue weighted by atomic mass is 10.1. The molecular weight excluding hydrogens is 232 g/mol. The molecule has 0 atom stereocenters. The number of hydrogen-bond acceptors (Lipinski definition) is 3. The van der Waals surface area contributed by atoms with Gasteiger partial charge in [-0.3, -0.25) is 14.9 Å². The highest BCUT2D eigenvalue weighted by Crippen LogP contribution is 2.24. The molecule has 0 saturated carbocycles. The van der Waals surface area contributed by atoms with E-state index < -0.39 is 39.5 Å². The Balaban J connectivity index is 3.46. The molecule has 0 spiro atoms. The third-order valence-corrected chi connectivity index (χ3v) is 1.88. The lowest BCUT2D eigenvalue weighted by Crippen LogP contribution is -2.07. The Bertz CT molecular complexity index is 436. The molecule has 0 radical (unpaired) electrons. The van der Waals surface area contributed by atoms with E-state index in [0.29, 0.717) is 12.1 Å². The molecule has 15 heavy (non-hydrogen) atoms. The second kappa shape index (κ2) is 4.31. The molecule has 7 heteroatoms. The zero-order valence-corrected chi connectivity index (χ0v) is 7.92. The molecule has 0 aromatic heterocycles. The third kappa shape index (κ3) is 2.27. The monoisotopic (exact) mass is 235 g/mol. The van der Waals surface area contributed by atoms with Crippen molar-refractivity contribution in [2.75, 3.05) is 5.88 Å². The van der Waals surface area contributed by atoms with Gasteiger partial charge in [-0.1, -0.05) is 0 Å². The van der Waals surface area contributed by atoms with Gasteiger partial charge in [-0.2, -0.15) is 4.39 Å². The van der Waals surface area contributed by atoms with Crippen LogP contribution in [0.25, 0.3) is 0 Å². The fourth-order valence-corrected chi connectivity index (χ4v) is 1.18. The maximum Gasteiger partial charge on any atom is 0.315 e. The number of carbonyl (C=O) groups excluding carboxylic acids is 1. The van der Waals surface area contributed by atoms with Crippen LogP contribution >= 0.6 is 11.6 Å². The third-order valence-electron chi connectivity index (χ3n) is 1.63. The standard InChI is InChI=1S/C8H4ClF2NO3/c9-3-7(13)5-1-4(10)2-6(11)8(5)12(14)15/h1-2H,3H2. The average Bonchev–Trinajstić information content (AvgIpc) is 2.14. The lowest BCUT2D eigenvalue weighted by molar-refractivity contribution is -0.387. The number of nitro groups is 1. The number of carbonyl (C=O) groups is 1. The molecule has 0 aliphatic carbocycles. The zero-order valence-electron chi connectivity index (χ0n) is 7.17. The van der Waals surface area contributed by atoms with Gasteiger partial charge in [-0.25, -0.2) is 4.39 Å². The van der Waals surface area contributed by atoms with Gasteiger partial charge >= 0.3 is 5.69 Å². The van der Waals surface area contributed by atoms with Crippen LogP contribution in [0.5, 0.6) is 0 Å². The molecule has 0 N–H and O–H groups in total. The van der Waals surface area contributed by atoms with Gasteiger partial charge in [-0.05, 0) is 6.07 Å². The summed E-state index contributed by atoms with van der Waals surface area (Å²) in [5, 5.41) is 10.4. The summed E-state index contributed by atoms with van der Waals surface area (Å²) in [6.45, 7) is 0. The lowest BCUT2D eigenvalue weighted by Gasteiger charge is -2.01. The molecule has 1 rings (SSSR count). The van der Waals surface area contributed by atoms with Crippen LogP contribution in [0.2, 0.25) is 0 Å². The summed E-state index contributed by atoms with van der Waals surface area (Å²) in [7, 11) is 0. The number of alkyl halides is 1. The van der Waals surface area contributed by atoms with E-state index in [1.807, 2.05) is 0 Å².